The molecule has 0 saturated carbocycles. The van der Waals surface area contributed by atoms with Crippen LogP contribution in [0.15, 0.2) is 267 Å². The van der Waals surface area contributed by atoms with Crippen molar-refractivity contribution < 1.29 is 0 Å². The molecule has 4 nitrogen and oxygen atoms in total. The van der Waals surface area contributed by atoms with E-state index < -0.39 is 0 Å². The van der Waals surface area contributed by atoms with Crippen LogP contribution in [-0.4, -0.2) is 18.3 Å². The zero-order valence-corrected chi connectivity index (χ0v) is 40.2. The van der Waals surface area contributed by atoms with Crippen molar-refractivity contribution in [3.8, 4) is 45.0 Å². The summed E-state index contributed by atoms with van der Waals surface area (Å²) in [6.45, 7) is 0. The summed E-state index contributed by atoms with van der Waals surface area (Å²) in [5.41, 5.74) is 19.0. The Labute approximate surface area is 426 Å². The van der Waals surface area contributed by atoms with Gasteiger partial charge in [-0.2, -0.15) is 0 Å². The molecule has 0 spiro atoms. The first-order valence-corrected chi connectivity index (χ1v) is 25.5. The van der Waals surface area contributed by atoms with Crippen LogP contribution in [0.25, 0.3) is 143 Å². The predicted octanol–water partition coefficient (Wildman–Crippen LogP) is 18.6. The van der Waals surface area contributed by atoms with Gasteiger partial charge in [0.25, 0.3) is 0 Å². The van der Waals surface area contributed by atoms with E-state index in [0.29, 0.717) is 0 Å². The van der Waals surface area contributed by atoms with E-state index in [1.54, 1.807) is 0 Å². The zero-order chi connectivity index (χ0) is 48.4. The lowest BCUT2D eigenvalue weighted by atomic mass is 9.97. The Morgan fingerprint density at radius 1 is 0.189 bits per heavy atom. The summed E-state index contributed by atoms with van der Waals surface area (Å²) >= 11 is 0. The van der Waals surface area contributed by atoms with Gasteiger partial charge in [0.15, 0.2) is 0 Å². The highest BCUT2D eigenvalue weighted by Gasteiger charge is 2.23. The second-order valence-corrected chi connectivity index (χ2v) is 19.7. The fourth-order valence-electron chi connectivity index (χ4n) is 12.5. The van der Waals surface area contributed by atoms with Gasteiger partial charge in [-0.15, -0.1) is 0 Å². The average molecular weight is 941 g/mol. The summed E-state index contributed by atoms with van der Waals surface area (Å²) in [5, 5.41) is 12.4. The fraction of sp³-hybridized carbons (Fsp3) is 0. The van der Waals surface area contributed by atoms with Gasteiger partial charge in [0.05, 0.1) is 44.1 Å². The van der Waals surface area contributed by atoms with Gasteiger partial charge in [0, 0.05) is 65.8 Å². The van der Waals surface area contributed by atoms with E-state index in [0.717, 1.165) is 22.7 Å². The highest BCUT2D eigenvalue weighted by atomic mass is 15.0. The van der Waals surface area contributed by atoms with Gasteiger partial charge in [-0.3, -0.25) is 0 Å². The summed E-state index contributed by atoms with van der Waals surface area (Å²) in [6, 6.07) is 98.1. The molecule has 12 aromatic carbocycles. The lowest BCUT2D eigenvalue weighted by Crippen LogP contribution is -1.96. The monoisotopic (exact) mass is 940 g/mol. The second-order valence-electron chi connectivity index (χ2n) is 19.7. The fourth-order valence-corrected chi connectivity index (χ4v) is 12.5. The van der Waals surface area contributed by atoms with Crippen molar-refractivity contribution in [2.75, 3.05) is 0 Å². The summed E-state index contributed by atoms with van der Waals surface area (Å²) in [5.74, 6) is 0. The van der Waals surface area contributed by atoms with Crippen molar-refractivity contribution in [2.45, 2.75) is 0 Å². The third-order valence-electron chi connectivity index (χ3n) is 15.7. The van der Waals surface area contributed by atoms with Gasteiger partial charge in [0.1, 0.15) is 0 Å². The molecule has 0 atom stereocenters. The van der Waals surface area contributed by atoms with Crippen LogP contribution in [0, 0.1) is 0 Å². The maximum absolute atomic E-state index is 2.49. The lowest BCUT2D eigenvalue weighted by Gasteiger charge is -2.13. The van der Waals surface area contributed by atoms with Crippen LogP contribution < -0.4 is 0 Å². The van der Waals surface area contributed by atoms with Gasteiger partial charge in [-0.25, -0.2) is 0 Å². The average Bonchev–Trinajstić information content (AvgIpc) is 4.21. The second kappa shape index (κ2) is 15.8. The molecule has 0 aliphatic rings. The number of hydrogen-bond donors (Lipinski definition) is 0. The van der Waals surface area contributed by atoms with Crippen molar-refractivity contribution in [3.05, 3.63) is 267 Å². The van der Waals surface area contributed by atoms with Crippen LogP contribution in [-0.2, 0) is 0 Å². The minimum Gasteiger partial charge on any atom is -0.309 e. The topological polar surface area (TPSA) is 19.7 Å². The number of hydrogen-bond acceptors (Lipinski definition) is 0. The van der Waals surface area contributed by atoms with Crippen molar-refractivity contribution >= 4 is 98.0 Å². The van der Waals surface area contributed by atoms with E-state index in [1.807, 2.05) is 0 Å². The van der Waals surface area contributed by atoms with Gasteiger partial charge in [-0.05, 0) is 130 Å². The highest BCUT2D eigenvalue weighted by molar-refractivity contribution is 6.27. The van der Waals surface area contributed by atoms with Crippen LogP contribution in [0.2, 0.25) is 0 Å². The number of fused-ring (bicyclic) bond motifs is 15. The largest absolute Gasteiger partial charge is 0.309 e. The quantitative estimate of drug-likeness (QED) is 0.158. The molecule has 16 aromatic rings. The Kier molecular flexibility index (Phi) is 8.71. The van der Waals surface area contributed by atoms with Crippen LogP contribution in [0.1, 0.15) is 0 Å². The Morgan fingerprint density at radius 2 is 0.541 bits per heavy atom. The van der Waals surface area contributed by atoms with Crippen molar-refractivity contribution in [1.29, 1.82) is 0 Å². The summed E-state index contributed by atoms with van der Waals surface area (Å²) < 4.78 is 9.81. The summed E-state index contributed by atoms with van der Waals surface area (Å²) in [4.78, 5) is 0. The van der Waals surface area contributed by atoms with Crippen molar-refractivity contribution in [2.24, 2.45) is 0 Å². The maximum Gasteiger partial charge on any atom is 0.0641 e. The van der Waals surface area contributed by atoms with Gasteiger partial charge < -0.3 is 18.3 Å². The van der Waals surface area contributed by atoms with Crippen LogP contribution in [0.4, 0.5) is 0 Å². The molecule has 0 aliphatic heterocycles. The number of para-hydroxylation sites is 6. The molecular formula is C70H44N4. The first-order valence-electron chi connectivity index (χ1n) is 25.5. The Hall–Kier alpha value is -9.90. The van der Waals surface area contributed by atoms with E-state index in [4.69, 9.17) is 0 Å². The first kappa shape index (κ1) is 40.8. The molecule has 4 heteroatoms. The van der Waals surface area contributed by atoms with Crippen LogP contribution in [0.5, 0.6) is 0 Å². The molecular weight excluding hydrogens is 897 g/mol. The normalized spacial score (nSPS) is 12.1. The minimum absolute atomic E-state index is 1.14. The number of rotatable bonds is 6. The number of nitrogens with zero attached hydrogens (tertiary/aromatic N) is 4. The number of aromatic nitrogens is 4. The van der Waals surface area contributed by atoms with Gasteiger partial charge >= 0.3 is 0 Å². The smallest absolute Gasteiger partial charge is 0.0641 e. The molecule has 0 fully saturated rings. The molecule has 0 radical (unpaired) electrons. The molecule has 4 heterocycles. The van der Waals surface area contributed by atoms with Crippen LogP contribution in [0.3, 0.4) is 0 Å². The molecule has 0 aliphatic carbocycles. The minimum atomic E-state index is 1.14. The first-order chi connectivity index (χ1) is 36.7. The summed E-state index contributed by atoms with van der Waals surface area (Å²) in [7, 11) is 0. The number of benzene rings is 12. The van der Waals surface area contributed by atoms with E-state index in [-0.39, 0.29) is 0 Å². The van der Waals surface area contributed by atoms with E-state index >= 15 is 0 Å². The van der Waals surface area contributed by atoms with Gasteiger partial charge in [-0.1, -0.05) is 170 Å². The lowest BCUT2D eigenvalue weighted by molar-refractivity contribution is 1.17. The molecule has 74 heavy (non-hydrogen) atoms. The highest BCUT2D eigenvalue weighted by Crippen LogP contribution is 2.45. The molecule has 16 rings (SSSR count). The molecule has 0 unspecified atom stereocenters. The Morgan fingerprint density at radius 3 is 0.973 bits per heavy atom. The third kappa shape index (κ3) is 5.91. The Balaban J connectivity index is 0.811. The van der Waals surface area contributed by atoms with Crippen LogP contribution >= 0.6 is 0 Å². The molecule has 0 bridgehead atoms. The Bertz CT molecular complexity index is 4630. The van der Waals surface area contributed by atoms with E-state index in [1.165, 1.54) is 120 Å². The molecule has 344 valence electrons. The molecule has 0 amide bonds. The van der Waals surface area contributed by atoms with Crippen molar-refractivity contribution in [1.82, 2.24) is 18.3 Å². The predicted molar refractivity (Wildman–Crippen MR) is 312 cm³/mol. The molecule has 0 saturated heterocycles. The van der Waals surface area contributed by atoms with Gasteiger partial charge in [0.2, 0.25) is 0 Å². The molecule has 4 aromatic heterocycles. The zero-order valence-electron chi connectivity index (χ0n) is 40.2. The SMILES string of the molecule is c1ccc(-n2c3ccccc3c3c2ccc2c4ccccc4n(-c4cccc(-c5ccc6cc(-c7cccc(-n8c9ccccc9c9ccc%10c(c%11ccccc%11n%10-c%10ccccc%10)c98)c7)ccc6c5)c4)c23)cc1. The summed E-state index contributed by atoms with van der Waals surface area (Å²) in [6.07, 6.45) is 0. The molecule has 0 N–H and O–H groups in total. The maximum atomic E-state index is 2.49. The standard InChI is InChI=1S/C70H44N4/c1-3-19-51(20-4-1)71-63-31-13-9-27-59(63)67-65(71)39-37-57-55-25-7-11-29-61(55)73(69(57)67)53-23-15-17-45(43-53)47-33-35-50-42-48(34-36-49(50)41-47)46-18-16-24-54(44-46)74-62-30-12-8-26-56(62)58-38-40-66-68(70(58)74)60-28-10-14-32-64(60)72(66)52-21-5-2-6-22-52/h1-44H. The van der Waals surface area contributed by atoms with E-state index in [2.05, 4.69) is 285 Å². The van der Waals surface area contributed by atoms with Crippen molar-refractivity contribution in [3.63, 3.8) is 0 Å². The van der Waals surface area contributed by atoms with E-state index in [9.17, 15) is 0 Å². The third-order valence-corrected chi connectivity index (χ3v) is 15.7.